The summed E-state index contributed by atoms with van der Waals surface area (Å²) < 4.78 is 33.0. The summed E-state index contributed by atoms with van der Waals surface area (Å²) in [6, 6.07) is 23.2. The van der Waals surface area contributed by atoms with E-state index in [2.05, 4.69) is 58.1 Å². The molecule has 1 aliphatic heterocycles. The second-order valence-electron chi connectivity index (χ2n) is 9.10. The molecule has 0 amide bonds. The Morgan fingerprint density at radius 2 is 1.61 bits per heavy atom. The van der Waals surface area contributed by atoms with E-state index in [1.54, 1.807) is 31.4 Å². The van der Waals surface area contributed by atoms with Crippen molar-refractivity contribution in [2.24, 2.45) is 0 Å². The fourth-order valence-corrected chi connectivity index (χ4v) is 6.24. The summed E-state index contributed by atoms with van der Waals surface area (Å²) in [6.07, 6.45) is 2.40. The molecule has 0 atom stereocenters. The number of piperazine rings is 1. The number of ether oxygens (including phenoxy) is 1. The van der Waals surface area contributed by atoms with Crippen LogP contribution >= 0.6 is 0 Å². The first-order chi connectivity index (χ1) is 17.5. The van der Waals surface area contributed by atoms with Gasteiger partial charge in [0.2, 0.25) is 9.84 Å². The van der Waals surface area contributed by atoms with Crippen LogP contribution in [-0.4, -0.2) is 51.6 Å². The first-order valence-corrected chi connectivity index (χ1v) is 13.8. The third-order valence-corrected chi connectivity index (χ3v) is 8.65. The Hall–Kier alpha value is -3.42. The molecule has 3 aromatic carbocycles. The lowest BCUT2D eigenvalue weighted by Crippen LogP contribution is -2.46. The van der Waals surface area contributed by atoms with Gasteiger partial charge in [-0.3, -0.25) is 9.88 Å². The highest BCUT2D eigenvalue weighted by Crippen LogP contribution is 2.37. The Balaban J connectivity index is 1.54. The van der Waals surface area contributed by atoms with E-state index in [0.717, 1.165) is 61.3 Å². The maximum absolute atomic E-state index is 13.9. The number of rotatable bonds is 7. The van der Waals surface area contributed by atoms with E-state index in [0.29, 0.717) is 5.75 Å². The molecule has 0 bridgehead atoms. The van der Waals surface area contributed by atoms with Crippen molar-refractivity contribution < 1.29 is 13.2 Å². The maximum atomic E-state index is 13.9. The number of benzene rings is 3. The van der Waals surface area contributed by atoms with Gasteiger partial charge in [0, 0.05) is 44.3 Å². The Morgan fingerprint density at radius 3 is 2.28 bits per heavy atom. The molecule has 0 N–H and O–H groups in total. The van der Waals surface area contributed by atoms with Crippen LogP contribution in [0.4, 0.5) is 5.69 Å². The number of pyridine rings is 1. The summed E-state index contributed by atoms with van der Waals surface area (Å²) in [4.78, 5) is 9.70. The molecule has 0 aliphatic carbocycles. The Morgan fingerprint density at radius 1 is 0.889 bits per heavy atom. The normalized spacial score (nSPS) is 14.8. The Kier molecular flexibility index (Phi) is 6.94. The molecule has 1 saturated heterocycles. The Bertz CT molecular complexity index is 1450. The van der Waals surface area contributed by atoms with E-state index in [4.69, 9.17) is 4.74 Å². The van der Waals surface area contributed by atoms with E-state index < -0.39 is 9.84 Å². The predicted octanol–water partition coefficient (Wildman–Crippen LogP) is 4.96. The van der Waals surface area contributed by atoms with Crippen molar-refractivity contribution in [2.45, 2.75) is 29.7 Å². The van der Waals surface area contributed by atoms with Crippen molar-refractivity contribution in [3.8, 4) is 5.75 Å². The van der Waals surface area contributed by atoms with Crippen LogP contribution in [0.25, 0.3) is 10.9 Å². The number of fused-ring (bicyclic) bond motifs is 1. The molecule has 7 heteroatoms. The largest absolute Gasteiger partial charge is 0.497 e. The molecule has 1 aliphatic rings. The van der Waals surface area contributed by atoms with Crippen LogP contribution < -0.4 is 9.64 Å². The van der Waals surface area contributed by atoms with Crippen LogP contribution in [-0.2, 0) is 22.8 Å². The number of nitrogens with zero attached hydrogens (tertiary/aromatic N) is 3. The number of hydrogen-bond acceptors (Lipinski definition) is 6. The van der Waals surface area contributed by atoms with Crippen molar-refractivity contribution in [1.29, 1.82) is 0 Å². The number of sulfone groups is 1. The van der Waals surface area contributed by atoms with Gasteiger partial charge in [-0.15, -0.1) is 0 Å². The van der Waals surface area contributed by atoms with Crippen LogP contribution in [0.2, 0.25) is 0 Å². The van der Waals surface area contributed by atoms with Crippen molar-refractivity contribution in [2.75, 3.05) is 38.2 Å². The maximum Gasteiger partial charge on any atom is 0.210 e. The van der Waals surface area contributed by atoms with Gasteiger partial charge < -0.3 is 9.64 Å². The summed E-state index contributed by atoms with van der Waals surface area (Å²) in [5.74, 6) is 0.618. The second kappa shape index (κ2) is 10.3. The predicted molar refractivity (Wildman–Crippen MR) is 143 cm³/mol. The summed E-state index contributed by atoms with van der Waals surface area (Å²) >= 11 is 0. The molecule has 0 saturated carbocycles. The number of anilines is 1. The number of methoxy groups -OCH3 is 1. The zero-order valence-corrected chi connectivity index (χ0v) is 21.5. The molecule has 0 spiro atoms. The molecule has 1 aromatic heterocycles. The van der Waals surface area contributed by atoms with Gasteiger partial charge in [0.05, 0.1) is 23.2 Å². The minimum Gasteiger partial charge on any atom is -0.497 e. The molecule has 4 aromatic rings. The van der Waals surface area contributed by atoms with Crippen LogP contribution in [0.3, 0.4) is 0 Å². The van der Waals surface area contributed by atoms with E-state index in [-0.39, 0.29) is 9.79 Å². The minimum absolute atomic E-state index is 0.236. The molecule has 0 unspecified atom stereocenters. The third-order valence-electron chi connectivity index (χ3n) is 6.88. The zero-order chi connectivity index (χ0) is 25.1. The summed E-state index contributed by atoms with van der Waals surface area (Å²) in [6.45, 7) is 6.20. The highest BCUT2D eigenvalue weighted by molar-refractivity contribution is 7.91. The average molecular weight is 502 g/mol. The first-order valence-electron chi connectivity index (χ1n) is 12.3. The summed E-state index contributed by atoms with van der Waals surface area (Å²) in [5.41, 5.74) is 4.01. The van der Waals surface area contributed by atoms with Gasteiger partial charge in [-0.25, -0.2) is 8.42 Å². The number of aromatic nitrogens is 1. The third kappa shape index (κ3) is 4.81. The van der Waals surface area contributed by atoms with Gasteiger partial charge in [-0.05, 0) is 53.9 Å². The highest BCUT2D eigenvalue weighted by atomic mass is 32.2. The Labute approximate surface area is 213 Å². The smallest absolute Gasteiger partial charge is 0.210 e. The lowest BCUT2D eigenvalue weighted by molar-refractivity contribution is 0.249. The molecular formula is C29H31N3O3S. The molecule has 6 nitrogen and oxygen atoms in total. The number of hydrogen-bond donors (Lipinski definition) is 0. The van der Waals surface area contributed by atoms with E-state index in [9.17, 15) is 8.42 Å². The van der Waals surface area contributed by atoms with Gasteiger partial charge in [-0.1, -0.05) is 43.3 Å². The van der Waals surface area contributed by atoms with Crippen LogP contribution in [0.1, 0.15) is 18.1 Å². The summed E-state index contributed by atoms with van der Waals surface area (Å²) in [5, 5.41) is 0.889. The number of aryl methyl sites for hydroxylation is 1. The summed E-state index contributed by atoms with van der Waals surface area (Å²) in [7, 11) is -2.22. The fraction of sp³-hybridized carbons (Fsp3) is 0.276. The van der Waals surface area contributed by atoms with Gasteiger partial charge in [-0.2, -0.15) is 0 Å². The SMILES string of the molecule is CCc1ccc2ncc(S(=O)(=O)c3ccc(OC)cc3)c(N3CCN(Cc4ccccc4)CC3)c2c1. The van der Waals surface area contributed by atoms with Gasteiger partial charge in [0.25, 0.3) is 0 Å². The molecule has 186 valence electrons. The molecule has 0 radical (unpaired) electrons. The molecule has 5 rings (SSSR count). The van der Waals surface area contributed by atoms with E-state index in [1.165, 1.54) is 11.8 Å². The van der Waals surface area contributed by atoms with Crippen LogP contribution in [0, 0.1) is 0 Å². The molecule has 1 fully saturated rings. The standard InChI is InChI=1S/C29H31N3O3S/c1-3-22-9-14-27-26(19-22)29(32-17-15-31(16-18-32)21-23-7-5-4-6-8-23)28(20-30-27)36(33,34)25-12-10-24(35-2)11-13-25/h4-14,19-20H,3,15-18,21H2,1-2H3. The van der Waals surface area contributed by atoms with E-state index >= 15 is 0 Å². The van der Waals surface area contributed by atoms with Crippen molar-refractivity contribution in [3.63, 3.8) is 0 Å². The van der Waals surface area contributed by atoms with Crippen LogP contribution in [0.15, 0.2) is 88.8 Å². The van der Waals surface area contributed by atoms with Gasteiger partial charge in [0.15, 0.2) is 0 Å². The van der Waals surface area contributed by atoms with Crippen LogP contribution in [0.5, 0.6) is 5.75 Å². The molecule has 36 heavy (non-hydrogen) atoms. The lowest BCUT2D eigenvalue weighted by Gasteiger charge is -2.37. The topological polar surface area (TPSA) is 62.7 Å². The van der Waals surface area contributed by atoms with E-state index in [1.807, 2.05) is 12.1 Å². The quantitative estimate of drug-likeness (QED) is 0.357. The highest BCUT2D eigenvalue weighted by Gasteiger charge is 2.29. The minimum atomic E-state index is -3.79. The molecule has 2 heterocycles. The second-order valence-corrected chi connectivity index (χ2v) is 11.0. The van der Waals surface area contributed by atoms with Gasteiger partial charge in [0.1, 0.15) is 10.6 Å². The monoisotopic (exact) mass is 501 g/mol. The first kappa shape index (κ1) is 24.3. The van der Waals surface area contributed by atoms with Crippen molar-refractivity contribution in [3.05, 3.63) is 90.1 Å². The fourth-order valence-electron chi connectivity index (χ4n) is 4.80. The van der Waals surface area contributed by atoms with Crippen molar-refractivity contribution in [1.82, 2.24) is 9.88 Å². The average Bonchev–Trinajstić information content (AvgIpc) is 2.93. The lowest BCUT2D eigenvalue weighted by atomic mass is 10.1. The zero-order valence-electron chi connectivity index (χ0n) is 20.7. The van der Waals surface area contributed by atoms with Crippen molar-refractivity contribution >= 4 is 26.4 Å². The molecular weight excluding hydrogens is 470 g/mol. The van der Waals surface area contributed by atoms with Gasteiger partial charge >= 0.3 is 0 Å².